The van der Waals surface area contributed by atoms with Crippen molar-refractivity contribution in [1.82, 2.24) is 4.90 Å². The molecule has 1 aromatic heterocycles. The van der Waals surface area contributed by atoms with Crippen LogP contribution in [0.1, 0.15) is 24.6 Å². The van der Waals surface area contributed by atoms with Gasteiger partial charge in [-0.3, -0.25) is 4.90 Å². The van der Waals surface area contributed by atoms with Crippen LogP contribution in [0.3, 0.4) is 0 Å². The summed E-state index contributed by atoms with van der Waals surface area (Å²) in [5.74, 6) is 0. The van der Waals surface area contributed by atoms with Gasteiger partial charge in [0.1, 0.15) is 0 Å². The molecule has 0 spiro atoms. The van der Waals surface area contributed by atoms with Gasteiger partial charge in [-0.2, -0.15) is 0 Å². The third-order valence-corrected chi connectivity index (χ3v) is 3.94. The summed E-state index contributed by atoms with van der Waals surface area (Å²) in [7, 11) is 0. The highest BCUT2D eigenvalue weighted by Gasteiger charge is 2.25. The van der Waals surface area contributed by atoms with E-state index in [1.54, 1.807) is 11.3 Å². The van der Waals surface area contributed by atoms with Crippen LogP contribution in [0, 0.1) is 0 Å². The number of likely N-dealkylation sites (tertiary alicyclic amines) is 1. The second-order valence-corrected chi connectivity index (χ2v) is 5.33. The van der Waals surface area contributed by atoms with Crippen molar-refractivity contribution < 1.29 is 0 Å². The number of thiophene rings is 1. The highest BCUT2D eigenvalue weighted by molar-refractivity contribution is 7.16. The fraction of sp³-hybridized carbons (Fsp3) is 0.600. The molecule has 1 saturated heterocycles. The van der Waals surface area contributed by atoms with Crippen molar-refractivity contribution in [2.45, 2.75) is 32.4 Å². The molecule has 2 heterocycles. The molecule has 0 amide bonds. The Hall–Kier alpha value is -0.0500. The molecule has 0 aliphatic carbocycles. The largest absolute Gasteiger partial charge is 0.295 e. The molecule has 1 aliphatic heterocycles. The molecular weight excluding hydrogens is 202 g/mol. The van der Waals surface area contributed by atoms with Crippen LogP contribution in [-0.4, -0.2) is 17.5 Å². The van der Waals surface area contributed by atoms with Crippen molar-refractivity contribution in [2.75, 3.05) is 6.54 Å². The average Bonchev–Trinajstić information content (AvgIpc) is 2.46. The molecular formula is C10H14ClNS. The lowest BCUT2D eigenvalue weighted by atomic mass is 10.0. The van der Waals surface area contributed by atoms with Gasteiger partial charge in [-0.1, -0.05) is 18.5 Å². The topological polar surface area (TPSA) is 3.24 Å². The minimum atomic E-state index is 0.820. The predicted octanol–water partition coefficient (Wildman–Crippen LogP) is 3.39. The van der Waals surface area contributed by atoms with E-state index < -0.39 is 0 Å². The Labute approximate surface area is 88.3 Å². The maximum atomic E-state index is 5.88. The van der Waals surface area contributed by atoms with Crippen LogP contribution < -0.4 is 0 Å². The molecule has 1 fully saturated rings. The molecule has 0 bridgehead atoms. The summed E-state index contributed by atoms with van der Waals surface area (Å²) in [5, 5.41) is 0. The molecule has 0 saturated carbocycles. The van der Waals surface area contributed by atoms with Crippen LogP contribution in [0.25, 0.3) is 0 Å². The second-order valence-electron chi connectivity index (χ2n) is 3.53. The van der Waals surface area contributed by atoms with Crippen LogP contribution in [0.4, 0.5) is 0 Å². The van der Waals surface area contributed by atoms with E-state index in [4.69, 9.17) is 11.6 Å². The molecule has 0 radical (unpaired) electrons. The molecule has 72 valence electrons. The third kappa shape index (κ3) is 2.06. The fourth-order valence-electron chi connectivity index (χ4n) is 1.80. The molecule has 0 N–H and O–H groups in total. The Balaban J connectivity index is 1.91. The minimum absolute atomic E-state index is 0.820. The Morgan fingerprint density at radius 2 is 2.46 bits per heavy atom. The van der Waals surface area contributed by atoms with Crippen LogP contribution in [0.15, 0.2) is 12.1 Å². The number of nitrogens with zero attached hydrogens (tertiary/aromatic N) is 1. The van der Waals surface area contributed by atoms with Gasteiger partial charge < -0.3 is 0 Å². The second kappa shape index (κ2) is 3.99. The van der Waals surface area contributed by atoms with Crippen LogP contribution >= 0.6 is 22.9 Å². The van der Waals surface area contributed by atoms with Crippen LogP contribution in [0.5, 0.6) is 0 Å². The number of rotatable bonds is 3. The number of halogens is 1. The summed E-state index contributed by atoms with van der Waals surface area (Å²) in [6.45, 7) is 4.61. The molecule has 13 heavy (non-hydrogen) atoms. The number of hydrogen-bond donors (Lipinski definition) is 0. The Morgan fingerprint density at radius 1 is 1.62 bits per heavy atom. The van der Waals surface area contributed by atoms with Gasteiger partial charge in [0.25, 0.3) is 0 Å². The van der Waals surface area contributed by atoms with E-state index >= 15 is 0 Å². The van der Waals surface area contributed by atoms with E-state index in [9.17, 15) is 0 Å². The lowest BCUT2D eigenvalue weighted by Gasteiger charge is -2.40. The van der Waals surface area contributed by atoms with Gasteiger partial charge in [0.05, 0.1) is 4.34 Å². The lowest BCUT2D eigenvalue weighted by Crippen LogP contribution is -2.46. The summed E-state index contributed by atoms with van der Waals surface area (Å²) in [5.41, 5.74) is 0. The molecule has 2 rings (SSSR count). The highest BCUT2D eigenvalue weighted by atomic mass is 35.5. The van der Waals surface area contributed by atoms with Crippen LogP contribution in [-0.2, 0) is 6.54 Å². The zero-order valence-electron chi connectivity index (χ0n) is 7.79. The molecule has 1 nitrogen and oxygen atoms in total. The van der Waals surface area contributed by atoms with E-state index in [2.05, 4.69) is 17.9 Å². The van der Waals surface area contributed by atoms with Crippen molar-refractivity contribution >= 4 is 22.9 Å². The van der Waals surface area contributed by atoms with Crippen molar-refractivity contribution in [1.29, 1.82) is 0 Å². The summed E-state index contributed by atoms with van der Waals surface area (Å²) in [4.78, 5) is 3.92. The standard InChI is InChI=1S/C10H14ClNS/c1-2-8-5-6-12(8)7-9-3-4-10(11)13-9/h3-4,8H,2,5-7H2,1H3. The van der Waals surface area contributed by atoms with E-state index in [-0.39, 0.29) is 0 Å². The Kier molecular flexibility index (Phi) is 2.92. The first kappa shape index (κ1) is 9.50. The molecule has 1 atom stereocenters. The SMILES string of the molecule is CCC1CCN1Cc1ccc(Cl)s1. The smallest absolute Gasteiger partial charge is 0.0931 e. The van der Waals surface area contributed by atoms with Crippen molar-refractivity contribution in [3.8, 4) is 0 Å². The molecule has 1 unspecified atom stereocenters. The van der Waals surface area contributed by atoms with Gasteiger partial charge in [0, 0.05) is 24.0 Å². The Morgan fingerprint density at radius 3 is 2.92 bits per heavy atom. The average molecular weight is 216 g/mol. The third-order valence-electron chi connectivity index (χ3n) is 2.72. The van der Waals surface area contributed by atoms with E-state index in [1.165, 1.54) is 24.3 Å². The predicted molar refractivity (Wildman–Crippen MR) is 58.4 cm³/mol. The maximum Gasteiger partial charge on any atom is 0.0931 e. The van der Waals surface area contributed by atoms with Gasteiger partial charge in [-0.25, -0.2) is 0 Å². The highest BCUT2D eigenvalue weighted by Crippen LogP contribution is 2.27. The molecule has 1 aromatic rings. The molecule has 3 heteroatoms. The zero-order valence-corrected chi connectivity index (χ0v) is 9.37. The maximum absolute atomic E-state index is 5.88. The van der Waals surface area contributed by atoms with Gasteiger partial charge >= 0.3 is 0 Å². The van der Waals surface area contributed by atoms with E-state index in [1.807, 2.05) is 6.07 Å². The normalized spacial score (nSPS) is 23.1. The first-order valence-corrected chi connectivity index (χ1v) is 5.97. The van der Waals surface area contributed by atoms with Gasteiger partial charge in [-0.15, -0.1) is 11.3 Å². The quantitative estimate of drug-likeness (QED) is 0.747. The lowest BCUT2D eigenvalue weighted by molar-refractivity contribution is 0.0803. The summed E-state index contributed by atoms with van der Waals surface area (Å²) < 4.78 is 0.906. The fourth-order valence-corrected chi connectivity index (χ4v) is 2.91. The molecule has 1 aliphatic rings. The first-order valence-electron chi connectivity index (χ1n) is 4.78. The van der Waals surface area contributed by atoms with Gasteiger partial charge in [0.15, 0.2) is 0 Å². The van der Waals surface area contributed by atoms with Gasteiger partial charge in [-0.05, 0) is 25.0 Å². The summed E-state index contributed by atoms with van der Waals surface area (Å²) in [6, 6.07) is 4.95. The monoisotopic (exact) mass is 215 g/mol. The summed E-state index contributed by atoms with van der Waals surface area (Å²) in [6.07, 6.45) is 2.65. The van der Waals surface area contributed by atoms with Gasteiger partial charge in [0.2, 0.25) is 0 Å². The Bertz CT molecular complexity index is 282. The van der Waals surface area contributed by atoms with Crippen LogP contribution in [0.2, 0.25) is 4.34 Å². The van der Waals surface area contributed by atoms with E-state index in [0.717, 1.165) is 16.9 Å². The van der Waals surface area contributed by atoms with E-state index in [0.29, 0.717) is 0 Å². The van der Waals surface area contributed by atoms with Crippen molar-refractivity contribution in [2.24, 2.45) is 0 Å². The summed E-state index contributed by atoms with van der Waals surface area (Å²) >= 11 is 7.58. The zero-order chi connectivity index (χ0) is 9.26. The minimum Gasteiger partial charge on any atom is -0.295 e. The van der Waals surface area contributed by atoms with Crippen molar-refractivity contribution in [3.05, 3.63) is 21.3 Å². The molecule has 0 aromatic carbocycles. The van der Waals surface area contributed by atoms with Crippen molar-refractivity contribution in [3.63, 3.8) is 0 Å². The number of hydrogen-bond acceptors (Lipinski definition) is 2. The first-order chi connectivity index (χ1) is 6.29.